The molecule has 2 rings (SSSR count). The fourth-order valence-electron chi connectivity index (χ4n) is 5.09. The van der Waals surface area contributed by atoms with E-state index in [4.69, 9.17) is 0 Å². The van der Waals surface area contributed by atoms with Crippen molar-refractivity contribution < 1.29 is 4.28 Å². The maximum Gasteiger partial charge on any atom is 1.00 e. The molecule has 39 heavy (non-hydrogen) atoms. The van der Waals surface area contributed by atoms with E-state index in [0.29, 0.717) is 0 Å². The highest BCUT2D eigenvalue weighted by atomic mass is 14.2. The summed E-state index contributed by atoms with van der Waals surface area (Å²) in [6.45, 7) is 20.6. The van der Waals surface area contributed by atoms with Crippen molar-refractivity contribution in [3.63, 3.8) is 0 Å². The Hall–Kier alpha value is -0.130. The molecule has 2 atom stereocenters. The Kier molecular flexibility index (Phi) is 49.8. The van der Waals surface area contributed by atoms with E-state index in [9.17, 15) is 0 Å². The predicted molar refractivity (Wildman–Crippen MR) is 191 cm³/mol. The molecule has 2 saturated carbocycles. The second-order valence-corrected chi connectivity index (χ2v) is 12.7. The Bertz CT molecular complexity index is 345. The van der Waals surface area contributed by atoms with E-state index in [1.165, 1.54) is 161 Å². The molecule has 0 amide bonds. The van der Waals surface area contributed by atoms with Crippen LogP contribution in [0.25, 0.3) is 0 Å². The van der Waals surface area contributed by atoms with Gasteiger partial charge in [-0.15, -0.1) is 0 Å². The summed E-state index contributed by atoms with van der Waals surface area (Å²) in [4.78, 5) is 0. The topological polar surface area (TPSA) is 0 Å². The molecule has 0 aliphatic heterocycles. The molecule has 0 nitrogen and oxygen atoms in total. The minimum absolute atomic E-state index is 0. The Labute approximate surface area is 258 Å². The fraction of sp³-hybridized carbons (Fsp3) is 0.974. The summed E-state index contributed by atoms with van der Waals surface area (Å²) in [7, 11) is 0. The predicted octanol–water partition coefficient (Wildman–Crippen LogP) is 15.9. The van der Waals surface area contributed by atoms with E-state index in [-0.39, 0.29) is 11.7 Å². The van der Waals surface area contributed by atoms with Gasteiger partial charge in [-0.2, -0.15) is 0 Å². The standard InChI is InChI=1S/C13H28.C7H16.2C6H12.C6H13.CH4/c1-5-7-9-11-13(4)12(3)10-8-6-2;1-3-5-7-6-4-2;1-6-4-2-3-5-6;1-2-4-6-5-3-1;1-3-5-6-4-2;/h12-13H,5-11H2,1-4H3;3-7H2,1-2H3;6H,2-5H2,1H3;1-6H2;3H,4-6H2,1-2H3;1H4/q;;;;+1;/p+3. The summed E-state index contributed by atoms with van der Waals surface area (Å²) in [6, 6.07) is 0. The van der Waals surface area contributed by atoms with Gasteiger partial charge < -0.3 is 0 Å². The summed E-state index contributed by atoms with van der Waals surface area (Å²) in [6.07, 6.45) is 38.0. The van der Waals surface area contributed by atoms with Crippen molar-refractivity contribution in [2.75, 3.05) is 0 Å². The normalized spacial score (nSPS) is 15.8. The summed E-state index contributed by atoms with van der Waals surface area (Å²) < 4.78 is 0. The first-order chi connectivity index (χ1) is 18.4. The molecule has 0 aromatic carbocycles. The van der Waals surface area contributed by atoms with Crippen LogP contribution in [0.4, 0.5) is 0 Å². The third-order valence-electron chi connectivity index (χ3n) is 8.44. The molecule has 0 spiro atoms. The van der Waals surface area contributed by atoms with Gasteiger partial charge in [0.1, 0.15) is 0 Å². The van der Waals surface area contributed by atoms with E-state index < -0.39 is 0 Å². The lowest BCUT2D eigenvalue weighted by molar-refractivity contribution is 0.326. The number of unbranched alkanes of at least 4 members (excludes halogenated alkanes) is 10. The fourth-order valence-corrected chi connectivity index (χ4v) is 5.09. The summed E-state index contributed by atoms with van der Waals surface area (Å²) in [5.41, 5.74) is 0. The largest absolute Gasteiger partial charge is 1.00 e. The van der Waals surface area contributed by atoms with Gasteiger partial charge in [0.05, 0.1) is 19.8 Å². The van der Waals surface area contributed by atoms with Gasteiger partial charge in [0.2, 0.25) is 0 Å². The van der Waals surface area contributed by atoms with Crippen LogP contribution in [0, 0.1) is 24.2 Å². The van der Waals surface area contributed by atoms with E-state index in [1.807, 2.05) is 0 Å². The molecular formula is C39H88+4. The molecule has 0 N–H and O–H groups in total. The zero-order chi connectivity index (χ0) is 29.1. The van der Waals surface area contributed by atoms with Crippen molar-refractivity contribution in [2.45, 2.75) is 230 Å². The average molecular weight is 557 g/mol. The zero-order valence-corrected chi connectivity index (χ0v) is 29.0. The van der Waals surface area contributed by atoms with Crippen LogP contribution in [-0.4, -0.2) is 0 Å². The Morgan fingerprint density at radius 3 is 1.18 bits per heavy atom. The van der Waals surface area contributed by atoms with E-state index in [1.54, 1.807) is 0 Å². The smallest absolute Gasteiger partial charge is 0.0776 e. The van der Waals surface area contributed by atoms with E-state index >= 15 is 0 Å². The third kappa shape index (κ3) is 45.1. The lowest BCUT2D eigenvalue weighted by Crippen LogP contribution is -2.07. The van der Waals surface area contributed by atoms with Gasteiger partial charge in [-0.25, -0.2) is 0 Å². The van der Waals surface area contributed by atoms with Crippen molar-refractivity contribution in [2.24, 2.45) is 17.8 Å². The van der Waals surface area contributed by atoms with Crippen LogP contribution in [0.3, 0.4) is 0 Å². The van der Waals surface area contributed by atoms with Crippen LogP contribution >= 0.6 is 0 Å². The summed E-state index contributed by atoms with van der Waals surface area (Å²) >= 11 is 0. The van der Waals surface area contributed by atoms with Crippen molar-refractivity contribution in [1.82, 2.24) is 0 Å². The molecule has 0 aromatic heterocycles. The first-order valence-electron chi connectivity index (χ1n) is 18.2. The lowest BCUT2D eigenvalue weighted by atomic mass is 9.87. The monoisotopic (exact) mass is 557 g/mol. The minimum Gasteiger partial charge on any atom is -0.0776 e. The summed E-state index contributed by atoms with van der Waals surface area (Å²) in [5.74, 6) is 2.93. The molecule has 2 unspecified atom stereocenters. The highest BCUT2D eigenvalue weighted by Gasteiger charge is 2.10. The van der Waals surface area contributed by atoms with Crippen LogP contribution in [0.1, 0.15) is 235 Å². The second kappa shape index (κ2) is 42.3. The molecule has 0 aromatic rings. The van der Waals surface area contributed by atoms with Gasteiger partial charge in [0.25, 0.3) is 0 Å². The van der Waals surface area contributed by atoms with Crippen molar-refractivity contribution in [3.8, 4) is 0 Å². The lowest BCUT2D eigenvalue weighted by Gasteiger charge is -2.19. The molecule has 0 heteroatoms. The molecule has 0 saturated heterocycles. The van der Waals surface area contributed by atoms with Gasteiger partial charge in [0, 0.05) is 0 Å². The molecular weight excluding hydrogens is 468 g/mol. The van der Waals surface area contributed by atoms with Crippen molar-refractivity contribution in [1.29, 1.82) is 0 Å². The van der Waals surface area contributed by atoms with Crippen LogP contribution in [0.2, 0.25) is 0 Å². The first kappa shape index (κ1) is 45.8. The van der Waals surface area contributed by atoms with Gasteiger partial charge in [-0.05, 0) is 24.2 Å². The van der Waals surface area contributed by atoms with Crippen LogP contribution in [-0.2, 0) is 0 Å². The molecule has 0 bridgehead atoms. The van der Waals surface area contributed by atoms with Crippen molar-refractivity contribution >= 4 is 0 Å². The highest BCUT2D eigenvalue weighted by Crippen LogP contribution is 2.23. The molecule has 2 aliphatic rings. The zero-order valence-electron chi connectivity index (χ0n) is 32.0. The van der Waals surface area contributed by atoms with Crippen LogP contribution < -0.4 is 0 Å². The second-order valence-electron chi connectivity index (χ2n) is 12.7. The van der Waals surface area contributed by atoms with Crippen molar-refractivity contribution in [3.05, 3.63) is 6.42 Å². The number of hydrogen-bond acceptors (Lipinski definition) is 0. The van der Waals surface area contributed by atoms with Gasteiger partial charge in [-0.3, -0.25) is 0 Å². The molecule has 0 heterocycles. The average Bonchev–Trinajstić information content (AvgIpc) is 3.44. The van der Waals surface area contributed by atoms with E-state index in [2.05, 4.69) is 68.7 Å². The quantitative estimate of drug-likeness (QED) is 0.139. The highest BCUT2D eigenvalue weighted by molar-refractivity contribution is 4.62. The maximum absolute atomic E-state index is 2.43. The maximum atomic E-state index is 2.43. The molecule has 240 valence electrons. The third-order valence-corrected chi connectivity index (χ3v) is 8.44. The van der Waals surface area contributed by atoms with Crippen LogP contribution in [0.5, 0.6) is 0 Å². The molecule has 0 radical (unpaired) electrons. The SMILES string of the molecule is C.C1CCCCC1.CC1CCCC1.CCCCCC(C)C(C)CCCC.CCCCCCC.C[CH+]CCCC.[H+].[H+].[H+]. The van der Waals surface area contributed by atoms with Gasteiger partial charge >= 0.3 is 4.28 Å². The summed E-state index contributed by atoms with van der Waals surface area (Å²) in [5, 5.41) is 0. The Morgan fingerprint density at radius 1 is 0.538 bits per heavy atom. The Morgan fingerprint density at radius 2 is 0.897 bits per heavy atom. The first-order valence-corrected chi connectivity index (χ1v) is 18.2. The Balaban J connectivity index is -0.0000000740. The number of rotatable bonds is 15. The molecule has 2 fully saturated rings. The number of hydrogen-bond donors (Lipinski definition) is 0. The van der Waals surface area contributed by atoms with E-state index in [0.717, 1.165) is 17.8 Å². The van der Waals surface area contributed by atoms with Gasteiger partial charge in [0.15, 0.2) is 0 Å². The van der Waals surface area contributed by atoms with Crippen LogP contribution in [0.15, 0.2) is 0 Å². The minimum atomic E-state index is 0. The van der Waals surface area contributed by atoms with Gasteiger partial charge in [-0.1, -0.05) is 210 Å². The molecule has 2 aliphatic carbocycles.